The monoisotopic (exact) mass is 462 g/mol. The summed E-state index contributed by atoms with van der Waals surface area (Å²) in [6.45, 7) is 7.67. The van der Waals surface area contributed by atoms with Gasteiger partial charge in [-0.05, 0) is 44.8 Å². The first-order chi connectivity index (χ1) is 15.2. The zero-order valence-electron chi connectivity index (χ0n) is 20.0. The van der Waals surface area contributed by atoms with Crippen LogP contribution in [0.25, 0.3) is 0 Å². The number of nitrogens with zero attached hydrogens (tertiary/aromatic N) is 3. The summed E-state index contributed by atoms with van der Waals surface area (Å²) in [6.07, 6.45) is 13.5. The second kappa shape index (κ2) is 10.1. The van der Waals surface area contributed by atoms with Crippen molar-refractivity contribution in [1.29, 1.82) is 0 Å². The van der Waals surface area contributed by atoms with Crippen molar-refractivity contribution in [2.24, 2.45) is 16.1 Å². The Labute approximate surface area is 196 Å². The highest BCUT2D eigenvalue weighted by molar-refractivity contribution is 8.00. The summed E-state index contributed by atoms with van der Waals surface area (Å²) in [5, 5.41) is 11.7. The van der Waals surface area contributed by atoms with Crippen LogP contribution in [0.2, 0.25) is 0 Å². The Hall–Kier alpha value is -1.59. The van der Waals surface area contributed by atoms with Gasteiger partial charge in [-0.2, -0.15) is 22.0 Å². The van der Waals surface area contributed by atoms with Crippen molar-refractivity contribution in [2.75, 3.05) is 26.0 Å². The Kier molecular flexibility index (Phi) is 7.93. The smallest absolute Gasteiger partial charge is 0.244 e. The first-order valence-corrected chi connectivity index (χ1v) is 13.0. The van der Waals surface area contributed by atoms with E-state index in [1.165, 1.54) is 0 Å². The van der Waals surface area contributed by atoms with Crippen molar-refractivity contribution in [2.45, 2.75) is 94.1 Å². The highest BCUT2D eigenvalue weighted by Gasteiger charge is 2.57. The Morgan fingerprint density at radius 3 is 2.41 bits per heavy atom. The van der Waals surface area contributed by atoms with Crippen molar-refractivity contribution < 1.29 is 14.3 Å². The third kappa shape index (κ3) is 6.48. The van der Waals surface area contributed by atoms with Crippen LogP contribution in [-0.4, -0.2) is 64.7 Å². The summed E-state index contributed by atoms with van der Waals surface area (Å²) in [5.41, 5.74) is -0.618. The molecule has 2 amide bonds. The van der Waals surface area contributed by atoms with E-state index in [9.17, 15) is 9.59 Å². The minimum atomic E-state index is -0.490. The molecule has 32 heavy (non-hydrogen) atoms. The van der Waals surface area contributed by atoms with Gasteiger partial charge in [0.15, 0.2) is 5.66 Å². The van der Waals surface area contributed by atoms with Gasteiger partial charge in [-0.25, -0.2) is 0 Å². The number of thioether (sulfide) groups is 1. The van der Waals surface area contributed by atoms with Crippen LogP contribution >= 0.6 is 11.8 Å². The number of terminal acetylenes is 1. The van der Waals surface area contributed by atoms with Crippen LogP contribution in [0.15, 0.2) is 10.2 Å². The van der Waals surface area contributed by atoms with Crippen LogP contribution in [0.3, 0.4) is 0 Å². The first kappa shape index (κ1) is 25.0. The lowest BCUT2D eigenvalue weighted by atomic mass is 10.0. The molecule has 0 aromatic rings. The molecule has 178 valence electrons. The summed E-state index contributed by atoms with van der Waals surface area (Å²) in [4.78, 5) is 28.7. The Morgan fingerprint density at radius 1 is 1.22 bits per heavy atom. The second-order valence-electron chi connectivity index (χ2n) is 10.2. The van der Waals surface area contributed by atoms with Gasteiger partial charge >= 0.3 is 0 Å². The number of nitrogens with one attached hydrogen (secondary N) is 1. The summed E-state index contributed by atoms with van der Waals surface area (Å²) < 4.78 is 5.46. The number of hydrogen-bond acceptors (Lipinski definition) is 6. The summed E-state index contributed by atoms with van der Waals surface area (Å²) >= 11 is 1.70. The van der Waals surface area contributed by atoms with E-state index in [1.54, 1.807) is 16.7 Å². The molecule has 0 aromatic carbocycles. The molecule has 2 aliphatic carbocycles. The van der Waals surface area contributed by atoms with Gasteiger partial charge in [0.25, 0.3) is 0 Å². The van der Waals surface area contributed by atoms with Gasteiger partial charge in [-0.3, -0.25) is 9.59 Å². The van der Waals surface area contributed by atoms with Gasteiger partial charge in [0.2, 0.25) is 11.8 Å². The predicted molar refractivity (Wildman–Crippen MR) is 127 cm³/mol. The maximum Gasteiger partial charge on any atom is 0.244 e. The van der Waals surface area contributed by atoms with Crippen molar-refractivity contribution >= 4 is 23.6 Å². The minimum Gasteiger partial charge on any atom is -0.381 e. The summed E-state index contributed by atoms with van der Waals surface area (Å²) in [7, 11) is 0. The van der Waals surface area contributed by atoms with E-state index < -0.39 is 11.7 Å². The zero-order chi connectivity index (χ0) is 23.4. The fourth-order valence-electron chi connectivity index (χ4n) is 4.04. The van der Waals surface area contributed by atoms with E-state index >= 15 is 0 Å². The maximum atomic E-state index is 13.5. The molecule has 1 unspecified atom stereocenters. The molecule has 1 N–H and O–H groups in total. The van der Waals surface area contributed by atoms with Crippen LogP contribution in [-0.2, 0) is 14.3 Å². The Morgan fingerprint density at radius 2 is 1.91 bits per heavy atom. The molecule has 0 bridgehead atoms. The van der Waals surface area contributed by atoms with E-state index in [2.05, 4.69) is 42.2 Å². The molecular weight excluding hydrogens is 424 g/mol. The van der Waals surface area contributed by atoms with Crippen LogP contribution in [0.1, 0.15) is 72.1 Å². The lowest BCUT2D eigenvalue weighted by Crippen LogP contribution is -2.58. The van der Waals surface area contributed by atoms with Crippen LogP contribution in [0.5, 0.6) is 0 Å². The fourth-order valence-corrected chi connectivity index (χ4v) is 5.01. The third-order valence-corrected chi connectivity index (χ3v) is 8.11. The third-order valence-electron chi connectivity index (χ3n) is 6.67. The molecule has 2 fully saturated rings. The normalized spacial score (nSPS) is 21.5. The Balaban J connectivity index is 1.73. The fraction of sp³-hybridized carbons (Fsp3) is 0.833. The van der Waals surface area contributed by atoms with Crippen molar-refractivity contribution in [3.8, 4) is 12.3 Å². The molecule has 2 saturated carbocycles. The number of rotatable bonds is 15. The van der Waals surface area contributed by atoms with Crippen LogP contribution in [0.4, 0.5) is 0 Å². The van der Waals surface area contributed by atoms with Crippen molar-refractivity contribution in [1.82, 2.24) is 10.2 Å². The van der Waals surface area contributed by atoms with E-state index in [0.717, 1.165) is 25.7 Å². The molecule has 3 rings (SSSR count). The molecule has 1 aliphatic heterocycles. The Bertz CT molecular complexity index is 762. The van der Waals surface area contributed by atoms with Gasteiger partial charge in [0, 0.05) is 42.7 Å². The quantitative estimate of drug-likeness (QED) is 0.297. The second-order valence-corrected chi connectivity index (χ2v) is 11.4. The number of carbonyl (C=O) groups is 2. The average molecular weight is 463 g/mol. The summed E-state index contributed by atoms with van der Waals surface area (Å²) in [5.74, 6) is 3.00. The van der Waals surface area contributed by atoms with E-state index in [-0.39, 0.29) is 28.5 Å². The molecule has 3 aliphatic rings. The van der Waals surface area contributed by atoms with Crippen LogP contribution in [0, 0.1) is 18.3 Å². The molecule has 1 heterocycles. The first-order valence-electron chi connectivity index (χ1n) is 11.8. The molecule has 0 aromatic heterocycles. The highest BCUT2D eigenvalue weighted by atomic mass is 32.2. The molecule has 8 heteroatoms. The van der Waals surface area contributed by atoms with E-state index in [0.29, 0.717) is 44.9 Å². The molecule has 0 radical (unpaired) electrons. The predicted octanol–water partition coefficient (Wildman–Crippen LogP) is 3.78. The lowest BCUT2D eigenvalue weighted by Gasteiger charge is -2.37. The number of ether oxygens (including phenoxy) is 1. The highest BCUT2D eigenvalue weighted by Crippen LogP contribution is 2.52. The summed E-state index contributed by atoms with van der Waals surface area (Å²) in [6, 6.07) is -0.490. The number of carbonyl (C=O) groups excluding carboxylic acids is 2. The van der Waals surface area contributed by atoms with E-state index in [1.807, 2.05) is 6.26 Å². The SMILES string of the molecule is C#CCCC1(CCN(C(=O)CCOCC(C)C)C(C(=O)NC2(C)CC2)C2(SC)CC2)N=N1. The van der Waals surface area contributed by atoms with Gasteiger partial charge < -0.3 is 15.0 Å². The van der Waals surface area contributed by atoms with Crippen molar-refractivity contribution in [3.63, 3.8) is 0 Å². The zero-order valence-corrected chi connectivity index (χ0v) is 20.8. The lowest BCUT2D eigenvalue weighted by molar-refractivity contribution is -0.142. The molecular formula is C24H38N4O3S. The number of amides is 2. The van der Waals surface area contributed by atoms with Gasteiger partial charge in [0.1, 0.15) is 6.04 Å². The van der Waals surface area contributed by atoms with E-state index in [4.69, 9.17) is 11.2 Å². The largest absolute Gasteiger partial charge is 0.381 e. The van der Waals surface area contributed by atoms with Gasteiger partial charge in [-0.15, -0.1) is 12.3 Å². The van der Waals surface area contributed by atoms with Gasteiger partial charge in [0.05, 0.1) is 13.0 Å². The molecule has 0 saturated heterocycles. The topological polar surface area (TPSA) is 83.4 Å². The average Bonchev–Trinajstić information content (AvgIpc) is 3.63. The molecule has 1 atom stereocenters. The standard InChI is InChI=1S/C24H38N4O3S/c1-6-7-9-24(26-27-24)14-15-28(19(29)8-16-31-17-18(2)3)20(23(32-5)12-13-23)21(30)25-22(4)10-11-22/h1,18,20H,7-17H2,2-5H3,(H,25,30). The number of hydrogen-bond donors (Lipinski definition) is 1. The van der Waals surface area contributed by atoms with Gasteiger partial charge in [-0.1, -0.05) is 13.8 Å². The minimum absolute atomic E-state index is 0.0318. The van der Waals surface area contributed by atoms with Crippen LogP contribution < -0.4 is 5.32 Å². The van der Waals surface area contributed by atoms with Crippen molar-refractivity contribution in [3.05, 3.63) is 0 Å². The molecule has 7 nitrogen and oxygen atoms in total. The maximum absolute atomic E-state index is 13.5. The molecule has 0 spiro atoms.